The maximum absolute atomic E-state index is 12.2. The Morgan fingerprint density at radius 3 is 2.90 bits per heavy atom. The first-order chi connectivity index (χ1) is 9.72. The Balaban J connectivity index is 1.54. The van der Waals surface area contributed by atoms with Gasteiger partial charge in [0.2, 0.25) is 0 Å². The zero-order chi connectivity index (χ0) is 13.9. The lowest BCUT2D eigenvalue weighted by molar-refractivity contribution is 0.0584. The van der Waals surface area contributed by atoms with Crippen molar-refractivity contribution >= 4 is 17.2 Å². The third kappa shape index (κ3) is 2.79. The summed E-state index contributed by atoms with van der Waals surface area (Å²) in [5.41, 5.74) is 2.01. The van der Waals surface area contributed by atoms with Crippen LogP contribution in [0, 0.1) is 6.92 Å². The van der Waals surface area contributed by atoms with Gasteiger partial charge in [-0.2, -0.15) is 0 Å². The smallest absolute Gasteiger partial charge is 0.294 e. The topological polar surface area (TPSA) is 81.4 Å². The number of aromatic nitrogens is 3. The molecule has 0 atom stereocenters. The second kappa shape index (κ2) is 5.58. The van der Waals surface area contributed by atoms with Gasteiger partial charge in [0.25, 0.3) is 11.1 Å². The van der Waals surface area contributed by atoms with Crippen molar-refractivity contribution in [2.75, 3.05) is 13.1 Å². The number of ether oxygens (including phenoxy) is 1. The minimum Gasteiger partial charge on any atom is -0.465 e. The number of aryl methyl sites for hydroxylation is 1. The average molecular weight is 294 g/mol. The fourth-order valence-corrected chi connectivity index (χ4v) is 2.63. The first-order valence-electron chi connectivity index (χ1n) is 6.38. The third-order valence-electron chi connectivity index (χ3n) is 3.18. The molecule has 20 heavy (non-hydrogen) atoms. The van der Waals surface area contributed by atoms with Crippen molar-refractivity contribution in [3.05, 3.63) is 23.0 Å². The molecular weight excluding hydrogens is 280 g/mol. The Morgan fingerprint density at radius 2 is 2.30 bits per heavy atom. The molecule has 0 aliphatic carbocycles. The predicted molar refractivity (Wildman–Crippen MR) is 70.7 cm³/mol. The molecule has 0 radical (unpaired) electrons. The van der Waals surface area contributed by atoms with Crippen molar-refractivity contribution in [1.29, 1.82) is 0 Å². The predicted octanol–water partition coefficient (Wildman–Crippen LogP) is 1.52. The molecule has 0 bridgehead atoms. The molecule has 1 saturated heterocycles. The Bertz CT molecular complexity index is 575. The summed E-state index contributed by atoms with van der Waals surface area (Å²) in [6, 6.07) is 1.66. The molecular formula is C12H14N4O3S. The van der Waals surface area contributed by atoms with Crippen LogP contribution in [0.2, 0.25) is 0 Å². The SMILES string of the molecule is Cc1cc(C(=O)N2CCC(Oc3nncs3)CC2)no1. The van der Waals surface area contributed by atoms with Gasteiger partial charge in [-0.25, -0.2) is 0 Å². The standard InChI is InChI=1S/C12H14N4O3S/c1-8-6-10(15-19-8)11(17)16-4-2-9(3-5-16)18-12-14-13-7-20-12/h6-7,9H,2-5H2,1H3. The number of piperidine rings is 1. The molecule has 1 amide bonds. The lowest BCUT2D eigenvalue weighted by atomic mass is 10.1. The van der Waals surface area contributed by atoms with Gasteiger partial charge in [0.15, 0.2) is 5.69 Å². The lowest BCUT2D eigenvalue weighted by Crippen LogP contribution is -2.41. The highest BCUT2D eigenvalue weighted by molar-refractivity contribution is 7.11. The van der Waals surface area contributed by atoms with Crippen LogP contribution in [0.15, 0.2) is 16.1 Å². The van der Waals surface area contributed by atoms with Gasteiger partial charge >= 0.3 is 0 Å². The summed E-state index contributed by atoms with van der Waals surface area (Å²) in [5.74, 6) is 0.555. The highest BCUT2D eigenvalue weighted by Gasteiger charge is 2.26. The van der Waals surface area contributed by atoms with Crippen molar-refractivity contribution in [2.45, 2.75) is 25.9 Å². The van der Waals surface area contributed by atoms with Gasteiger partial charge in [-0.15, -0.1) is 10.2 Å². The van der Waals surface area contributed by atoms with Crippen LogP contribution in [0.25, 0.3) is 0 Å². The molecule has 1 aliphatic rings. The monoisotopic (exact) mass is 294 g/mol. The Hall–Kier alpha value is -1.96. The summed E-state index contributed by atoms with van der Waals surface area (Å²) in [6.07, 6.45) is 1.65. The van der Waals surface area contributed by atoms with E-state index >= 15 is 0 Å². The van der Waals surface area contributed by atoms with E-state index in [1.807, 2.05) is 0 Å². The van der Waals surface area contributed by atoms with Crippen LogP contribution in [-0.2, 0) is 0 Å². The fraction of sp³-hybridized carbons (Fsp3) is 0.500. The zero-order valence-corrected chi connectivity index (χ0v) is 11.8. The van der Waals surface area contributed by atoms with Crippen molar-refractivity contribution in [3.63, 3.8) is 0 Å². The Morgan fingerprint density at radius 1 is 1.50 bits per heavy atom. The number of likely N-dealkylation sites (tertiary alicyclic amines) is 1. The van der Waals surface area contributed by atoms with E-state index < -0.39 is 0 Å². The highest BCUT2D eigenvalue weighted by atomic mass is 32.1. The molecule has 1 aliphatic heterocycles. The lowest BCUT2D eigenvalue weighted by Gasteiger charge is -2.30. The van der Waals surface area contributed by atoms with Crippen molar-refractivity contribution in [1.82, 2.24) is 20.3 Å². The average Bonchev–Trinajstić information content (AvgIpc) is 3.10. The molecule has 3 rings (SSSR count). The van der Waals surface area contributed by atoms with E-state index in [9.17, 15) is 4.79 Å². The normalized spacial score (nSPS) is 16.4. The summed E-state index contributed by atoms with van der Waals surface area (Å²) >= 11 is 1.38. The van der Waals surface area contributed by atoms with Gasteiger partial charge in [0.1, 0.15) is 17.4 Å². The number of carbonyl (C=O) groups excluding carboxylic acids is 1. The molecule has 1 fully saturated rings. The van der Waals surface area contributed by atoms with Gasteiger partial charge in [-0.3, -0.25) is 4.79 Å². The van der Waals surface area contributed by atoms with Crippen LogP contribution in [-0.4, -0.2) is 45.4 Å². The van der Waals surface area contributed by atoms with E-state index in [0.717, 1.165) is 12.8 Å². The van der Waals surface area contributed by atoms with Crippen molar-refractivity contribution in [2.24, 2.45) is 0 Å². The molecule has 8 heteroatoms. The largest absolute Gasteiger partial charge is 0.465 e. The van der Waals surface area contributed by atoms with Gasteiger partial charge < -0.3 is 14.2 Å². The third-order valence-corrected chi connectivity index (χ3v) is 3.76. The van der Waals surface area contributed by atoms with E-state index in [1.54, 1.807) is 23.4 Å². The van der Waals surface area contributed by atoms with Gasteiger partial charge in [-0.05, 0) is 6.92 Å². The molecule has 106 valence electrons. The van der Waals surface area contributed by atoms with Crippen LogP contribution in [0.4, 0.5) is 0 Å². The van der Waals surface area contributed by atoms with Crippen LogP contribution in [0.1, 0.15) is 29.1 Å². The van der Waals surface area contributed by atoms with E-state index in [-0.39, 0.29) is 12.0 Å². The maximum atomic E-state index is 12.2. The number of carbonyl (C=O) groups is 1. The Kier molecular flexibility index (Phi) is 3.64. The van der Waals surface area contributed by atoms with Crippen molar-refractivity contribution in [3.8, 4) is 5.19 Å². The molecule has 0 unspecified atom stereocenters. The second-order valence-electron chi connectivity index (χ2n) is 4.64. The summed E-state index contributed by atoms with van der Waals surface area (Å²) in [6.45, 7) is 3.06. The second-order valence-corrected chi connectivity index (χ2v) is 5.43. The summed E-state index contributed by atoms with van der Waals surface area (Å²) in [5, 5.41) is 11.9. The molecule has 0 aromatic carbocycles. The number of rotatable bonds is 3. The number of nitrogens with zero attached hydrogens (tertiary/aromatic N) is 4. The van der Waals surface area contributed by atoms with Crippen LogP contribution in [0.3, 0.4) is 0 Å². The molecule has 2 aromatic heterocycles. The molecule has 2 aromatic rings. The molecule has 0 spiro atoms. The summed E-state index contributed by atoms with van der Waals surface area (Å²) in [7, 11) is 0. The summed E-state index contributed by atoms with van der Waals surface area (Å²) in [4.78, 5) is 14.0. The van der Waals surface area contributed by atoms with Gasteiger partial charge in [-0.1, -0.05) is 16.5 Å². The van der Waals surface area contributed by atoms with Crippen molar-refractivity contribution < 1.29 is 14.1 Å². The maximum Gasteiger partial charge on any atom is 0.294 e. The van der Waals surface area contributed by atoms with E-state index in [4.69, 9.17) is 9.26 Å². The minimum atomic E-state index is -0.0868. The number of amides is 1. The fourth-order valence-electron chi connectivity index (χ4n) is 2.16. The molecule has 0 N–H and O–H groups in total. The first-order valence-corrected chi connectivity index (χ1v) is 7.26. The summed E-state index contributed by atoms with van der Waals surface area (Å²) < 4.78 is 10.6. The Labute approximate surface area is 119 Å². The number of hydrogen-bond acceptors (Lipinski definition) is 7. The van der Waals surface area contributed by atoms with Crippen LogP contribution >= 0.6 is 11.3 Å². The first kappa shape index (κ1) is 13.0. The van der Waals surface area contributed by atoms with Crippen LogP contribution < -0.4 is 4.74 Å². The van der Waals surface area contributed by atoms with Gasteiger partial charge in [0, 0.05) is 32.0 Å². The van der Waals surface area contributed by atoms with Crippen LogP contribution in [0.5, 0.6) is 5.19 Å². The molecule has 3 heterocycles. The quantitative estimate of drug-likeness (QED) is 0.853. The molecule has 0 saturated carbocycles. The molecule has 7 nitrogen and oxygen atoms in total. The van der Waals surface area contributed by atoms with E-state index in [0.29, 0.717) is 29.7 Å². The zero-order valence-electron chi connectivity index (χ0n) is 11.0. The minimum absolute atomic E-state index is 0.0868. The number of hydrogen-bond donors (Lipinski definition) is 0. The van der Waals surface area contributed by atoms with E-state index in [2.05, 4.69) is 15.4 Å². The van der Waals surface area contributed by atoms with E-state index in [1.165, 1.54) is 11.3 Å². The van der Waals surface area contributed by atoms with Gasteiger partial charge in [0.05, 0.1) is 0 Å². The highest BCUT2D eigenvalue weighted by Crippen LogP contribution is 2.20.